The zero-order chi connectivity index (χ0) is 24.5. The van der Waals surface area contributed by atoms with Crippen molar-refractivity contribution < 1.29 is 27.7 Å². The number of carbonyl (C=O) groups is 2. The fourth-order valence-electron chi connectivity index (χ4n) is 3.30. The number of benzene rings is 4. The first-order valence-electron chi connectivity index (χ1n) is 9.93. The lowest BCUT2D eigenvalue weighted by Gasteiger charge is -2.09. The van der Waals surface area contributed by atoms with Crippen LogP contribution in [0.1, 0.15) is 20.7 Å². The summed E-state index contributed by atoms with van der Waals surface area (Å²) >= 11 is 0. The Kier molecular flexibility index (Phi) is 5.93. The van der Waals surface area contributed by atoms with Crippen LogP contribution in [-0.2, 0) is 10.1 Å². The van der Waals surface area contributed by atoms with Crippen LogP contribution in [0, 0.1) is 0 Å². The molecule has 0 atom stereocenters. The van der Waals surface area contributed by atoms with Gasteiger partial charge in [0.2, 0.25) is 0 Å². The number of aromatic hydroxyl groups is 1. The summed E-state index contributed by atoms with van der Waals surface area (Å²) in [7, 11) is -4.51. The van der Waals surface area contributed by atoms with E-state index in [0.29, 0.717) is 39.0 Å². The summed E-state index contributed by atoms with van der Waals surface area (Å²) in [5, 5.41) is 16.1. The highest BCUT2D eigenvalue weighted by Gasteiger charge is 2.15. The number of hydrogen-bond donors (Lipinski definition) is 5. The second-order valence-corrected chi connectivity index (χ2v) is 8.88. The van der Waals surface area contributed by atoms with Crippen LogP contribution in [0.5, 0.6) is 5.75 Å². The quantitative estimate of drug-likeness (QED) is 0.215. The third-order valence-electron chi connectivity index (χ3n) is 5.04. The van der Waals surface area contributed by atoms with E-state index in [1.165, 1.54) is 42.5 Å². The Hall–Kier alpha value is -4.41. The molecule has 0 saturated carbocycles. The van der Waals surface area contributed by atoms with Crippen LogP contribution in [0.2, 0.25) is 0 Å². The Morgan fingerprint density at radius 1 is 0.735 bits per heavy atom. The molecule has 2 amide bonds. The van der Waals surface area contributed by atoms with Crippen LogP contribution in [-0.4, -0.2) is 29.9 Å². The summed E-state index contributed by atoms with van der Waals surface area (Å²) in [5.74, 6) is -1.13. The molecule has 34 heavy (non-hydrogen) atoms. The van der Waals surface area contributed by atoms with Gasteiger partial charge in [0.15, 0.2) is 0 Å². The van der Waals surface area contributed by atoms with Gasteiger partial charge in [0.25, 0.3) is 21.9 Å². The van der Waals surface area contributed by atoms with Gasteiger partial charge in [-0.2, -0.15) is 8.42 Å². The number of nitrogens with two attached hydrogens (primary N) is 1. The maximum atomic E-state index is 12.6. The molecule has 0 spiro atoms. The first kappa shape index (κ1) is 22.8. The normalized spacial score (nSPS) is 11.2. The van der Waals surface area contributed by atoms with Crippen molar-refractivity contribution in [2.75, 3.05) is 16.4 Å². The molecular weight excluding hydrogens is 458 g/mol. The van der Waals surface area contributed by atoms with Crippen molar-refractivity contribution in [3.8, 4) is 5.75 Å². The highest BCUT2D eigenvalue weighted by Crippen LogP contribution is 2.30. The molecular formula is C24H19N3O6S. The Balaban J connectivity index is 1.50. The number of carbonyl (C=O) groups excluding carboxylic acids is 2. The molecule has 0 radical (unpaired) electrons. The van der Waals surface area contributed by atoms with Gasteiger partial charge in [0.05, 0.1) is 4.90 Å². The molecule has 0 aromatic heterocycles. The van der Waals surface area contributed by atoms with Crippen LogP contribution in [0.4, 0.5) is 17.1 Å². The first-order valence-corrected chi connectivity index (χ1v) is 11.4. The van der Waals surface area contributed by atoms with Crippen molar-refractivity contribution in [2.24, 2.45) is 0 Å². The van der Waals surface area contributed by atoms with E-state index in [9.17, 15) is 27.7 Å². The number of phenols is 1. The van der Waals surface area contributed by atoms with Crippen LogP contribution in [0.15, 0.2) is 83.8 Å². The molecule has 9 nitrogen and oxygen atoms in total. The molecule has 0 saturated heterocycles. The maximum absolute atomic E-state index is 12.6. The standard InChI is InChI=1S/C24H19N3O6S/c25-17-5-7-18(8-6-17)26-23(29)14-1-3-15(4-2-14)24(30)27-19-9-10-21-16(11-19)12-20(13-22(21)28)34(31,32)33/h1-13,28H,25H2,(H,26,29)(H,27,30)(H,31,32,33). The summed E-state index contributed by atoms with van der Waals surface area (Å²) in [5.41, 5.74) is 7.78. The Labute approximate surface area is 194 Å². The lowest BCUT2D eigenvalue weighted by molar-refractivity contribution is 0.101. The lowest BCUT2D eigenvalue weighted by atomic mass is 10.1. The molecule has 0 aliphatic rings. The third-order valence-corrected chi connectivity index (χ3v) is 5.87. The Morgan fingerprint density at radius 2 is 1.26 bits per heavy atom. The Bertz CT molecular complexity index is 1520. The molecule has 0 fully saturated rings. The third kappa shape index (κ3) is 4.98. The monoisotopic (exact) mass is 477 g/mol. The fourth-order valence-corrected chi connectivity index (χ4v) is 3.83. The summed E-state index contributed by atoms with van der Waals surface area (Å²) in [4.78, 5) is 24.6. The summed E-state index contributed by atoms with van der Waals surface area (Å²) in [6.07, 6.45) is 0. The van der Waals surface area contributed by atoms with E-state index < -0.39 is 20.9 Å². The van der Waals surface area contributed by atoms with Gasteiger partial charge in [0, 0.05) is 39.6 Å². The second kappa shape index (κ2) is 8.85. The van der Waals surface area contributed by atoms with Crippen LogP contribution < -0.4 is 16.4 Å². The number of hydrogen-bond acceptors (Lipinski definition) is 6. The molecule has 4 aromatic rings. The number of anilines is 3. The average Bonchev–Trinajstić information content (AvgIpc) is 2.80. The van der Waals surface area contributed by atoms with Gasteiger partial charge in [-0.1, -0.05) is 0 Å². The number of phenolic OH excluding ortho intramolecular Hbond substituents is 1. The van der Waals surface area contributed by atoms with Gasteiger partial charge in [0.1, 0.15) is 5.75 Å². The average molecular weight is 477 g/mol. The fraction of sp³-hybridized carbons (Fsp3) is 0. The molecule has 10 heteroatoms. The van der Waals surface area contributed by atoms with Crippen molar-refractivity contribution in [3.63, 3.8) is 0 Å². The predicted octanol–water partition coefficient (Wildman–Crippen LogP) is 3.88. The molecule has 4 aromatic carbocycles. The van der Waals surface area contributed by atoms with Gasteiger partial charge in [-0.25, -0.2) is 0 Å². The van der Waals surface area contributed by atoms with E-state index >= 15 is 0 Å². The van der Waals surface area contributed by atoms with Gasteiger partial charge in [-0.15, -0.1) is 0 Å². The molecule has 0 bridgehead atoms. The smallest absolute Gasteiger partial charge is 0.294 e. The van der Waals surface area contributed by atoms with Crippen molar-refractivity contribution in [1.82, 2.24) is 0 Å². The minimum atomic E-state index is -4.51. The minimum absolute atomic E-state index is 0.290. The van der Waals surface area contributed by atoms with E-state index in [2.05, 4.69) is 10.6 Å². The van der Waals surface area contributed by atoms with E-state index in [-0.39, 0.29) is 11.7 Å². The van der Waals surface area contributed by atoms with Gasteiger partial charge in [-0.3, -0.25) is 14.1 Å². The predicted molar refractivity (Wildman–Crippen MR) is 129 cm³/mol. The number of nitrogens with one attached hydrogen (secondary N) is 2. The lowest BCUT2D eigenvalue weighted by Crippen LogP contribution is -2.14. The topological polar surface area (TPSA) is 159 Å². The van der Waals surface area contributed by atoms with E-state index in [0.717, 1.165) is 6.07 Å². The number of amides is 2. The Morgan fingerprint density at radius 3 is 1.82 bits per heavy atom. The highest BCUT2D eigenvalue weighted by atomic mass is 32.2. The van der Waals surface area contributed by atoms with Crippen molar-refractivity contribution in [2.45, 2.75) is 4.90 Å². The number of rotatable bonds is 5. The molecule has 0 heterocycles. The zero-order valence-electron chi connectivity index (χ0n) is 17.5. The number of nitrogen functional groups attached to an aromatic ring is 1. The first-order chi connectivity index (χ1) is 16.1. The number of fused-ring (bicyclic) bond motifs is 1. The highest BCUT2D eigenvalue weighted by molar-refractivity contribution is 7.85. The molecule has 6 N–H and O–H groups in total. The molecule has 172 valence electrons. The molecule has 0 aliphatic carbocycles. The summed E-state index contributed by atoms with van der Waals surface area (Å²) in [6, 6.07) is 19.4. The summed E-state index contributed by atoms with van der Waals surface area (Å²) in [6.45, 7) is 0. The zero-order valence-corrected chi connectivity index (χ0v) is 18.3. The van der Waals surface area contributed by atoms with Gasteiger partial charge < -0.3 is 21.5 Å². The minimum Gasteiger partial charge on any atom is -0.507 e. The van der Waals surface area contributed by atoms with E-state index in [1.54, 1.807) is 30.3 Å². The van der Waals surface area contributed by atoms with Crippen molar-refractivity contribution in [3.05, 3.63) is 90.0 Å². The van der Waals surface area contributed by atoms with Gasteiger partial charge >= 0.3 is 0 Å². The largest absolute Gasteiger partial charge is 0.507 e. The van der Waals surface area contributed by atoms with Crippen LogP contribution in [0.25, 0.3) is 10.8 Å². The van der Waals surface area contributed by atoms with Gasteiger partial charge in [-0.05, 0) is 78.2 Å². The molecule has 0 aliphatic heterocycles. The maximum Gasteiger partial charge on any atom is 0.294 e. The summed E-state index contributed by atoms with van der Waals surface area (Å²) < 4.78 is 32.1. The second-order valence-electron chi connectivity index (χ2n) is 7.46. The van der Waals surface area contributed by atoms with E-state index in [4.69, 9.17) is 5.73 Å². The van der Waals surface area contributed by atoms with Crippen LogP contribution in [0.3, 0.4) is 0 Å². The van der Waals surface area contributed by atoms with Crippen molar-refractivity contribution >= 4 is 49.8 Å². The van der Waals surface area contributed by atoms with Crippen molar-refractivity contribution in [1.29, 1.82) is 0 Å². The molecule has 0 unspecified atom stereocenters. The molecule has 4 rings (SSSR count). The van der Waals surface area contributed by atoms with E-state index in [1.807, 2.05) is 0 Å². The SMILES string of the molecule is Nc1ccc(NC(=O)c2ccc(C(=O)Nc3ccc4c(O)cc(S(=O)(=O)O)cc4c3)cc2)cc1. The van der Waals surface area contributed by atoms with Crippen LogP contribution >= 0.6 is 0 Å².